The topological polar surface area (TPSA) is 84.9 Å². The van der Waals surface area contributed by atoms with Crippen molar-refractivity contribution in [2.45, 2.75) is 25.7 Å². The second kappa shape index (κ2) is 9.14. The molecule has 7 nitrogen and oxygen atoms in total. The number of rotatable bonds is 10. The van der Waals surface area contributed by atoms with Crippen LogP contribution in [0.1, 0.15) is 46.4 Å². The molecule has 0 aliphatic carbocycles. The van der Waals surface area contributed by atoms with Crippen molar-refractivity contribution >= 4 is 17.7 Å². The number of methoxy groups -OCH3 is 1. The first kappa shape index (κ1) is 18.1. The second-order valence-corrected chi connectivity index (χ2v) is 5.44. The number of nitrogens with one attached hydrogen (secondary N) is 1. The zero-order valence-corrected chi connectivity index (χ0v) is 13.7. The van der Waals surface area contributed by atoms with Gasteiger partial charge in [0.2, 0.25) is 5.91 Å². The standard InChI is InChI=1S/C17H22N2O5/c1-23-12-10-18-15(20)9-3-2-6-11-24-19-16(21)13-7-4-5-8-14(13)17(19)22/h4-5,7-8H,2-3,6,9-12H2,1H3,(H,18,20). The SMILES string of the molecule is COCCNC(=O)CCCCCON1C(=O)c2ccccc2C1=O. The summed E-state index contributed by atoms with van der Waals surface area (Å²) < 4.78 is 4.85. The van der Waals surface area contributed by atoms with Crippen LogP contribution in [0.2, 0.25) is 0 Å². The highest BCUT2D eigenvalue weighted by molar-refractivity contribution is 6.20. The van der Waals surface area contributed by atoms with E-state index in [0.717, 1.165) is 17.9 Å². The maximum absolute atomic E-state index is 12.1. The van der Waals surface area contributed by atoms with Crippen LogP contribution in [-0.4, -0.2) is 49.7 Å². The van der Waals surface area contributed by atoms with Gasteiger partial charge in [0, 0.05) is 20.1 Å². The average molecular weight is 334 g/mol. The number of amides is 3. The second-order valence-electron chi connectivity index (χ2n) is 5.44. The molecule has 0 fully saturated rings. The van der Waals surface area contributed by atoms with Crippen molar-refractivity contribution in [2.24, 2.45) is 0 Å². The van der Waals surface area contributed by atoms with Crippen molar-refractivity contribution < 1.29 is 24.0 Å². The van der Waals surface area contributed by atoms with Gasteiger partial charge in [-0.05, 0) is 25.0 Å². The Labute approximate surface area is 140 Å². The third-order valence-electron chi connectivity index (χ3n) is 3.65. The van der Waals surface area contributed by atoms with Gasteiger partial charge in [-0.1, -0.05) is 18.6 Å². The van der Waals surface area contributed by atoms with Gasteiger partial charge in [-0.3, -0.25) is 19.2 Å². The summed E-state index contributed by atoms with van der Waals surface area (Å²) in [5.41, 5.74) is 0.741. The number of unbranched alkanes of at least 4 members (excludes halogenated alkanes) is 2. The molecule has 1 aliphatic heterocycles. The normalized spacial score (nSPS) is 13.3. The molecule has 2 rings (SSSR count). The van der Waals surface area contributed by atoms with Gasteiger partial charge in [0.1, 0.15) is 0 Å². The van der Waals surface area contributed by atoms with Crippen LogP contribution in [0, 0.1) is 0 Å². The summed E-state index contributed by atoms with van der Waals surface area (Å²) in [6.45, 7) is 1.27. The minimum atomic E-state index is -0.423. The Balaban J connectivity index is 1.61. The number of hydroxylamine groups is 2. The van der Waals surface area contributed by atoms with Crippen LogP contribution in [0.3, 0.4) is 0 Å². The van der Waals surface area contributed by atoms with E-state index in [2.05, 4.69) is 5.32 Å². The fourth-order valence-corrected chi connectivity index (χ4v) is 2.39. The molecule has 7 heteroatoms. The molecular formula is C17H22N2O5. The molecule has 0 unspecified atom stereocenters. The average Bonchev–Trinajstić information content (AvgIpc) is 2.83. The minimum absolute atomic E-state index is 0.00619. The van der Waals surface area contributed by atoms with E-state index in [4.69, 9.17) is 9.57 Å². The zero-order chi connectivity index (χ0) is 17.4. The predicted octanol–water partition coefficient (Wildman–Crippen LogP) is 1.54. The van der Waals surface area contributed by atoms with E-state index in [1.165, 1.54) is 0 Å². The Morgan fingerprint density at radius 3 is 2.33 bits per heavy atom. The van der Waals surface area contributed by atoms with Gasteiger partial charge in [-0.2, -0.15) is 0 Å². The van der Waals surface area contributed by atoms with Gasteiger partial charge < -0.3 is 10.1 Å². The largest absolute Gasteiger partial charge is 0.383 e. The van der Waals surface area contributed by atoms with Crippen molar-refractivity contribution in [1.82, 2.24) is 10.4 Å². The van der Waals surface area contributed by atoms with E-state index in [-0.39, 0.29) is 12.5 Å². The maximum Gasteiger partial charge on any atom is 0.285 e. The fourth-order valence-electron chi connectivity index (χ4n) is 2.39. The van der Waals surface area contributed by atoms with E-state index in [0.29, 0.717) is 37.1 Å². The Morgan fingerprint density at radius 2 is 1.71 bits per heavy atom. The highest BCUT2D eigenvalue weighted by atomic mass is 16.7. The Hall–Kier alpha value is -2.25. The summed E-state index contributed by atoms with van der Waals surface area (Å²) in [5, 5.41) is 3.57. The molecule has 0 saturated heterocycles. The number of fused-ring (bicyclic) bond motifs is 1. The zero-order valence-electron chi connectivity index (χ0n) is 13.7. The van der Waals surface area contributed by atoms with Gasteiger partial charge in [0.25, 0.3) is 11.8 Å². The highest BCUT2D eigenvalue weighted by Crippen LogP contribution is 2.22. The molecule has 0 spiro atoms. The number of imide groups is 1. The number of benzene rings is 1. The molecule has 1 aliphatic rings. The van der Waals surface area contributed by atoms with Gasteiger partial charge >= 0.3 is 0 Å². The molecule has 130 valence electrons. The van der Waals surface area contributed by atoms with Crippen LogP contribution in [0.5, 0.6) is 0 Å². The van der Waals surface area contributed by atoms with E-state index in [1.807, 2.05) is 0 Å². The Morgan fingerprint density at radius 1 is 1.04 bits per heavy atom. The van der Waals surface area contributed by atoms with E-state index in [1.54, 1.807) is 31.4 Å². The molecule has 0 radical (unpaired) electrons. The van der Waals surface area contributed by atoms with E-state index < -0.39 is 11.8 Å². The van der Waals surface area contributed by atoms with Crippen molar-refractivity contribution in [3.8, 4) is 0 Å². The van der Waals surface area contributed by atoms with E-state index in [9.17, 15) is 14.4 Å². The molecule has 0 bridgehead atoms. The summed E-state index contributed by atoms with van der Waals surface area (Å²) in [7, 11) is 1.58. The number of carbonyl (C=O) groups is 3. The summed E-state index contributed by atoms with van der Waals surface area (Å²) in [4.78, 5) is 40.9. The number of hydrogen-bond acceptors (Lipinski definition) is 5. The fraction of sp³-hybridized carbons (Fsp3) is 0.471. The van der Waals surface area contributed by atoms with Crippen LogP contribution < -0.4 is 5.32 Å². The van der Waals surface area contributed by atoms with Crippen molar-refractivity contribution in [1.29, 1.82) is 0 Å². The summed E-state index contributed by atoms with van der Waals surface area (Å²) in [5.74, 6) is -0.852. The molecule has 1 aromatic rings. The number of ether oxygens (including phenoxy) is 1. The molecule has 3 amide bonds. The third-order valence-corrected chi connectivity index (χ3v) is 3.65. The highest BCUT2D eigenvalue weighted by Gasteiger charge is 2.36. The Kier molecular flexibility index (Phi) is 6.89. The molecule has 0 saturated carbocycles. The van der Waals surface area contributed by atoms with Crippen LogP contribution in [0.15, 0.2) is 24.3 Å². The van der Waals surface area contributed by atoms with Gasteiger partial charge in [-0.25, -0.2) is 0 Å². The Bertz CT molecular complexity index is 567. The van der Waals surface area contributed by atoms with E-state index >= 15 is 0 Å². The van der Waals surface area contributed by atoms with Crippen molar-refractivity contribution in [3.05, 3.63) is 35.4 Å². The number of nitrogens with zero attached hydrogens (tertiary/aromatic N) is 1. The number of carbonyl (C=O) groups excluding carboxylic acids is 3. The molecular weight excluding hydrogens is 312 g/mol. The molecule has 0 aromatic heterocycles. The molecule has 1 aromatic carbocycles. The summed E-state index contributed by atoms with van der Waals surface area (Å²) >= 11 is 0. The lowest BCUT2D eigenvalue weighted by Gasteiger charge is -2.13. The smallest absolute Gasteiger partial charge is 0.285 e. The molecule has 1 heterocycles. The van der Waals surface area contributed by atoms with Crippen molar-refractivity contribution in [3.63, 3.8) is 0 Å². The summed E-state index contributed by atoms with van der Waals surface area (Å²) in [6, 6.07) is 6.65. The predicted molar refractivity (Wildman–Crippen MR) is 86.2 cm³/mol. The van der Waals surface area contributed by atoms with Gasteiger partial charge in [0.05, 0.1) is 24.3 Å². The lowest BCUT2D eigenvalue weighted by atomic mass is 10.1. The first-order valence-corrected chi connectivity index (χ1v) is 8.01. The quantitative estimate of drug-likeness (QED) is 0.518. The molecule has 1 N–H and O–H groups in total. The monoisotopic (exact) mass is 334 g/mol. The van der Waals surface area contributed by atoms with Crippen LogP contribution in [0.4, 0.5) is 0 Å². The van der Waals surface area contributed by atoms with Crippen molar-refractivity contribution in [2.75, 3.05) is 26.9 Å². The number of hydrogen-bond donors (Lipinski definition) is 1. The molecule has 24 heavy (non-hydrogen) atoms. The summed E-state index contributed by atoms with van der Waals surface area (Å²) in [6.07, 6.45) is 2.61. The minimum Gasteiger partial charge on any atom is -0.383 e. The lowest BCUT2D eigenvalue weighted by Crippen LogP contribution is -2.30. The molecule has 0 atom stereocenters. The van der Waals surface area contributed by atoms with Gasteiger partial charge in [-0.15, -0.1) is 5.06 Å². The maximum atomic E-state index is 12.1. The van der Waals surface area contributed by atoms with Crippen LogP contribution in [0.25, 0.3) is 0 Å². The lowest BCUT2D eigenvalue weighted by molar-refractivity contribution is -0.121. The van der Waals surface area contributed by atoms with Crippen LogP contribution in [-0.2, 0) is 14.4 Å². The first-order valence-electron chi connectivity index (χ1n) is 8.01. The third kappa shape index (κ3) is 4.62. The first-order chi connectivity index (χ1) is 11.6. The van der Waals surface area contributed by atoms with Gasteiger partial charge in [0.15, 0.2) is 0 Å². The van der Waals surface area contributed by atoms with Crippen LogP contribution >= 0.6 is 0 Å².